The van der Waals surface area contributed by atoms with Crippen LogP contribution in [0.3, 0.4) is 0 Å². The standard InChI is InChI=1S/C18H24N2O2/c1-6-17-13(4)19-20(14(17)5)18(21)15-7-9-16(10-8-15)22-11-12(2)3/h7-10,12H,6,11H2,1-5H3. The summed E-state index contributed by atoms with van der Waals surface area (Å²) in [5.74, 6) is 1.16. The fourth-order valence-corrected chi connectivity index (χ4v) is 2.46. The van der Waals surface area contributed by atoms with Gasteiger partial charge in [-0.3, -0.25) is 4.79 Å². The molecule has 0 fully saturated rings. The summed E-state index contributed by atoms with van der Waals surface area (Å²) in [5.41, 5.74) is 3.60. The zero-order valence-electron chi connectivity index (χ0n) is 14.0. The smallest absolute Gasteiger partial charge is 0.278 e. The van der Waals surface area contributed by atoms with Crippen molar-refractivity contribution in [1.29, 1.82) is 0 Å². The number of rotatable bonds is 5. The molecule has 118 valence electrons. The summed E-state index contributed by atoms with van der Waals surface area (Å²) in [6.45, 7) is 10.8. The van der Waals surface area contributed by atoms with Crippen molar-refractivity contribution in [2.24, 2.45) is 5.92 Å². The number of nitrogens with zero attached hydrogens (tertiary/aromatic N) is 2. The third-order valence-corrected chi connectivity index (χ3v) is 3.67. The Morgan fingerprint density at radius 2 is 1.86 bits per heavy atom. The molecule has 1 heterocycles. The Morgan fingerprint density at radius 1 is 1.23 bits per heavy atom. The molecule has 22 heavy (non-hydrogen) atoms. The molecule has 0 spiro atoms. The highest BCUT2D eigenvalue weighted by Gasteiger charge is 2.16. The number of hydrogen-bond donors (Lipinski definition) is 0. The minimum atomic E-state index is -0.101. The number of benzene rings is 1. The second-order valence-electron chi connectivity index (χ2n) is 5.95. The zero-order chi connectivity index (χ0) is 16.3. The minimum absolute atomic E-state index is 0.101. The van der Waals surface area contributed by atoms with Gasteiger partial charge >= 0.3 is 0 Å². The first-order valence-electron chi connectivity index (χ1n) is 7.76. The van der Waals surface area contributed by atoms with Crippen LogP contribution in [-0.4, -0.2) is 22.3 Å². The van der Waals surface area contributed by atoms with E-state index >= 15 is 0 Å². The highest BCUT2D eigenvalue weighted by Crippen LogP contribution is 2.17. The predicted molar refractivity (Wildman–Crippen MR) is 87.6 cm³/mol. The van der Waals surface area contributed by atoms with Gasteiger partial charge in [-0.1, -0.05) is 20.8 Å². The molecule has 2 aromatic rings. The quantitative estimate of drug-likeness (QED) is 0.844. The fourth-order valence-electron chi connectivity index (χ4n) is 2.46. The van der Waals surface area contributed by atoms with E-state index < -0.39 is 0 Å². The van der Waals surface area contributed by atoms with E-state index in [0.29, 0.717) is 18.1 Å². The van der Waals surface area contributed by atoms with Gasteiger partial charge < -0.3 is 4.74 Å². The van der Waals surface area contributed by atoms with Crippen molar-refractivity contribution >= 4 is 5.91 Å². The molecule has 0 saturated carbocycles. The van der Waals surface area contributed by atoms with Crippen molar-refractivity contribution in [2.75, 3.05) is 6.61 Å². The molecule has 0 radical (unpaired) electrons. The van der Waals surface area contributed by atoms with Gasteiger partial charge in [-0.15, -0.1) is 0 Å². The Labute approximate surface area is 132 Å². The Morgan fingerprint density at radius 3 is 2.36 bits per heavy atom. The first kappa shape index (κ1) is 16.3. The van der Waals surface area contributed by atoms with Gasteiger partial charge in [0.25, 0.3) is 5.91 Å². The SMILES string of the molecule is CCc1c(C)nn(C(=O)c2ccc(OCC(C)C)cc2)c1C. The highest BCUT2D eigenvalue weighted by molar-refractivity contribution is 5.96. The van der Waals surface area contributed by atoms with Gasteiger partial charge in [0.15, 0.2) is 0 Å². The van der Waals surface area contributed by atoms with E-state index in [9.17, 15) is 4.79 Å². The lowest BCUT2D eigenvalue weighted by Crippen LogP contribution is -2.15. The monoisotopic (exact) mass is 300 g/mol. The molecule has 0 bridgehead atoms. The van der Waals surface area contributed by atoms with E-state index in [1.165, 1.54) is 4.68 Å². The van der Waals surface area contributed by atoms with E-state index in [-0.39, 0.29) is 5.91 Å². The van der Waals surface area contributed by atoms with Crippen molar-refractivity contribution in [2.45, 2.75) is 41.0 Å². The van der Waals surface area contributed by atoms with Gasteiger partial charge in [-0.05, 0) is 56.0 Å². The number of carbonyl (C=O) groups is 1. The topological polar surface area (TPSA) is 44.1 Å². The molecule has 0 aliphatic carbocycles. The molecule has 0 unspecified atom stereocenters. The number of ether oxygens (including phenoxy) is 1. The maximum atomic E-state index is 12.6. The molecule has 0 amide bonds. The van der Waals surface area contributed by atoms with E-state index in [1.807, 2.05) is 26.0 Å². The van der Waals surface area contributed by atoms with Crippen molar-refractivity contribution in [3.8, 4) is 5.75 Å². The van der Waals surface area contributed by atoms with Crippen LogP contribution in [-0.2, 0) is 6.42 Å². The summed E-state index contributed by atoms with van der Waals surface area (Å²) in [7, 11) is 0. The van der Waals surface area contributed by atoms with Gasteiger partial charge in [-0.25, -0.2) is 4.68 Å². The average molecular weight is 300 g/mol. The van der Waals surface area contributed by atoms with Gasteiger partial charge in [0.05, 0.1) is 12.3 Å². The normalized spacial score (nSPS) is 11.0. The minimum Gasteiger partial charge on any atom is -0.493 e. The molecule has 0 aliphatic heterocycles. The molecule has 2 rings (SSSR count). The number of aromatic nitrogens is 2. The molecule has 4 nitrogen and oxygen atoms in total. The Bertz CT molecular complexity index is 654. The van der Waals surface area contributed by atoms with Crippen molar-refractivity contribution in [3.05, 3.63) is 46.8 Å². The van der Waals surface area contributed by atoms with Crippen LogP contribution in [0.25, 0.3) is 0 Å². The average Bonchev–Trinajstić information content (AvgIpc) is 2.79. The Hall–Kier alpha value is -2.10. The molecule has 0 aliphatic rings. The Kier molecular flexibility index (Phi) is 5.01. The molecular weight excluding hydrogens is 276 g/mol. The van der Waals surface area contributed by atoms with Crippen LogP contribution in [0, 0.1) is 19.8 Å². The van der Waals surface area contributed by atoms with Crippen molar-refractivity contribution in [3.63, 3.8) is 0 Å². The summed E-state index contributed by atoms with van der Waals surface area (Å²) in [4.78, 5) is 12.6. The van der Waals surface area contributed by atoms with Crippen LogP contribution in [0.4, 0.5) is 0 Å². The third-order valence-electron chi connectivity index (χ3n) is 3.67. The van der Waals surface area contributed by atoms with Crippen LogP contribution in [0.5, 0.6) is 5.75 Å². The lowest BCUT2D eigenvalue weighted by Gasteiger charge is -2.09. The predicted octanol–water partition coefficient (Wildman–Crippen LogP) is 3.79. The summed E-state index contributed by atoms with van der Waals surface area (Å²) in [6, 6.07) is 7.25. The van der Waals surface area contributed by atoms with E-state index in [1.54, 1.807) is 12.1 Å². The molecule has 4 heteroatoms. The van der Waals surface area contributed by atoms with Gasteiger partial charge in [0.2, 0.25) is 0 Å². The van der Waals surface area contributed by atoms with E-state index in [4.69, 9.17) is 4.74 Å². The molecule has 1 aromatic heterocycles. The maximum Gasteiger partial charge on any atom is 0.278 e. The van der Waals surface area contributed by atoms with Gasteiger partial charge in [-0.2, -0.15) is 5.10 Å². The molecule has 0 N–H and O–H groups in total. The first-order chi connectivity index (χ1) is 10.4. The largest absolute Gasteiger partial charge is 0.493 e. The second-order valence-corrected chi connectivity index (χ2v) is 5.95. The van der Waals surface area contributed by atoms with Crippen molar-refractivity contribution in [1.82, 2.24) is 9.78 Å². The Balaban J connectivity index is 2.20. The lowest BCUT2D eigenvalue weighted by molar-refractivity contribution is 0.0942. The molecule has 0 saturated heterocycles. The molecule has 0 atom stereocenters. The molecule has 1 aromatic carbocycles. The van der Waals surface area contributed by atoms with Crippen LogP contribution < -0.4 is 4.74 Å². The first-order valence-corrected chi connectivity index (χ1v) is 7.76. The van der Waals surface area contributed by atoms with Crippen LogP contribution in [0.1, 0.15) is 48.1 Å². The van der Waals surface area contributed by atoms with E-state index in [2.05, 4.69) is 25.9 Å². The summed E-state index contributed by atoms with van der Waals surface area (Å²) >= 11 is 0. The van der Waals surface area contributed by atoms with Gasteiger partial charge in [0.1, 0.15) is 5.75 Å². The number of aryl methyl sites for hydroxylation is 1. The summed E-state index contributed by atoms with van der Waals surface area (Å²) < 4.78 is 7.14. The second kappa shape index (κ2) is 6.77. The highest BCUT2D eigenvalue weighted by atomic mass is 16.5. The van der Waals surface area contributed by atoms with Crippen molar-refractivity contribution < 1.29 is 9.53 Å². The molecular formula is C18H24N2O2. The van der Waals surface area contributed by atoms with Crippen LogP contribution in [0.15, 0.2) is 24.3 Å². The number of hydrogen-bond acceptors (Lipinski definition) is 3. The number of carbonyl (C=O) groups excluding carboxylic acids is 1. The third kappa shape index (κ3) is 3.38. The van der Waals surface area contributed by atoms with E-state index in [0.717, 1.165) is 29.1 Å². The fraction of sp³-hybridized carbons (Fsp3) is 0.444. The maximum absolute atomic E-state index is 12.6. The summed E-state index contributed by atoms with van der Waals surface area (Å²) in [6.07, 6.45) is 0.882. The zero-order valence-corrected chi connectivity index (χ0v) is 14.0. The van der Waals surface area contributed by atoms with Crippen LogP contribution in [0.2, 0.25) is 0 Å². The van der Waals surface area contributed by atoms with Gasteiger partial charge in [0, 0.05) is 11.3 Å². The lowest BCUT2D eigenvalue weighted by atomic mass is 10.1. The summed E-state index contributed by atoms with van der Waals surface area (Å²) in [5, 5.41) is 4.38. The van der Waals surface area contributed by atoms with Crippen LogP contribution >= 0.6 is 0 Å².